The zero-order valence-corrected chi connectivity index (χ0v) is 14.1. The first kappa shape index (κ1) is 17.7. The van der Waals surface area contributed by atoms with Crippen LogP contribution in [0.1, 0.15) is 25.5 Å². The smallest absolute Gasteiger partial charge is 0.330 e. The van der Waals surface area contributed by atoms with Crippen molar-refractivity contribution in [2.45, 2.75) is 50.2 Å². The molecule has 24 heavy (non-hydrogen) atoms. The summed E-state index contributed by atoms with van der Waals surface area (Å²) in [6, 6.07) is 1.14. The molecular weight excluding hydrogens is 342 g/mol. The summed E-state index contributed by atoms with van der Waals surface area (Å²) in [5, 5.41) is 0. The highest BCUT2D eigenvalue weighted by molar-refractivity contribution is 7.09. The van der Waals surface area contributed by atoms with Crippen LogP contribution < -0.4 is 11.2 Å². The normalized spacial score (nSPS) is 33.7. The number of aromatic amines is 1. The monoisotopic (exact) mass is 362 g/mol. The summed E-state index contributed by atoms with van der Waals surface area (Å²) >= 11 is 0. The maximum absolute atomic E-state index is 14.9. The van der Waals surface area contributed by atoms with Crippen LogP contribution in [0.5, 0.6) is 0 Å². The van der Waals surface area contributed by atoms with Gasteiger partial charge in [0.05, 0.1) is 6.61 Å². The molecule has 0 spiro atoms. The third-order valence-corrected chi connectivity index (χ3v) is 4.29. The van der Waals surface area contributed by atoms with Crippen LogP contribution in [0, 0.1) is 0 Å². The second-order valence-electron chi connectivity index (χ2n) is 5.76. The summed E-state index contributed by atoms with van der Waals surface area (Å²) in [7, 11) is 2.08. The molecule has 0 bridgehead atoms. The van der Waals surface area contributed by atoms with E-state index in [0.29, 0.717) is 13.0 Å². The van der Waals surface area contributed by atoms with E-state index in [1.54, 1.807) is 0 Å². The highest BCUT2D eigenvalue weighted by atomic mass is 31.0. The molecule has 0 saturated carbocycles. The van der Waals surface area contributed by atoms with E-state index >= 15 is 0 Å². The molecule has 0 radical (unpaired) electrons. The average Bonchev–Trinajstić information content (AvgIpc) is 2.86. The van der Waals surface area contributed by atoms with Crippen LogP contribution in [-0.2, 0) is 18.7 Å². The molecule has 1 N–H and O–H groups in total. The minimum absolute atomic E-state index is 0.0804. The molecule has 2 aliphatic rings. The zero-order chi connectivity index (χ0) is 17.1. The number of halogens is 1. The van der Waals surface area contributed by atoms with E-state index in [4.69, 9.17) is 18.7 Å². The van der Waals surface area contributed by atoms with Crippen LogP contribution in [0.4, 0.5) is 4.39 Å². The lowest BCUT2D eigenvalue weighted by Gasteiger charge is -2.28. The fourth-order valence-electron chi connectivity index (χ4n) is 2.93. The van der Waals surface area contributed by atoms with Gasteiger partial charge in [0.15, 0.2) is 18.7 Å². The van der Waals surface area contributed by atoms with Crippen molar-refractivity contribution in [3.63, 3.8) is 0 Å². The van der Waals surface area contributed by atoms with Gasteiger partial charge >= 0.3 is 5.69 Å². The largest absolute Gasteiger partial charge is 0.363 e. The second kappa shape index (κ2) is 7.84. The van der Waals surface area contributed by atoms with E-state index in [1.165, 1.54) is 6.20 Å². The number of rotatable bonds is 5. The van der Waals surface area contributed by atoms with Crippen LogP contribution >= 0.6 is 9.47 Å². The van der Waals surface area contributed by atoms with Crippen molar-refractivity contribution < 1.29 is 23.1 Å². The predicted molar refractivity (Wildman–Crippen MR) is 84.3 cm³/mol. The summed E-state index contributed by atoms with van der Waals surface area (Å²) in [5.74, 6) is 0. The van der Waals surface area contributed by atoms with E-state index in [0.717, 1.165) is 23.5 Å². The van der Waals surface area contributed by atoms with Gasteiger partial charge in [0.1, 0.15) is 12.2 Å². The minimum Gasteiger partial charge on any atom is -0.363 e. The van der Waals surface area contributed by atoms with Crippen LogP contribution in [0.15, 0.2) is 21.9 Å². The molecule has 0 amide bonds. The number of hydrogen-bond acceptors (Lipinski definition) is 6. The van der Waals surface area contributed by atoms with Crippen molar-refractivity contribution >= 4 is 9.47 Å². The molecule has 134 valence electrons. The number of ether oxygens (including phenoxy) is 3. The Morgan fingerprint density at radius 2 is 2.25 bits per heavy atom. The van der Waals surface area contributed by atoms with Crippen LogP contribution in [0.25, 0.3) is 0 Å². The molecule has 3 heterocycles. The molecule has 0 aliphatic carbocycles. The van der Waals surface area contributed by atoms with Gasteiger partial charge in [-0.3, -0.25) is 14.3 Å². The molecule has 2 aliphatic heterocycles. The quantitative estimate of drug-likeness (QED) is 0.767. The molecule has 10 heteroatoms. The first-order valence-electron chi connectivity index (χ1n) is 7.80. The number of hydrogen-bond donors (Lipinski definition) is 1. The zero-order valence-electron chi connectivity index (χ0n) is 12.9. The Morgan fingerprint density at radius 1 is 1.42 bits per heavy atom. The Bertz CT molecular complexity index is 661. The molecule has 0 aromatic carbocycles. The van der Waals surface area contributed by atoms with Gasteiger partial charge in [-0.05, 0) is 19.3 Å². The molecule has 1 aromatic heterocycles. The van der Waals surface area contributed by atoms with E-state index < -0.39 is 42.1 Å². The highest BCUT2D eigenvalue weighted by Gasteiger charge is 2.48. The molecule has 1 aromatic rings. The topological polar surface area (TPSA) is 91.8 Å². The van der Waals surface area contributed by atoms with E-state index in [-0.39, 0.29) is 6.61 Å². The van der Waals surface area contributed by atoms with Gasteiger partial charge in [-0.15, -0.1) is 0 Å². The Balaban J connectivity index is 1.79. The van der Waals surface area contributed by atoms with Gasteiger partial charge in [-0.1, -0.05) is 0 Å². The Morgan fingerprint density at radius 3 is 2.92 bits per heavy atom. The lowest BCUT2D eigenvalue weighted by molar-refractivity contribution is -0.205. The summed E-state index contributed by atoms with van der Waals surface area (Å²) in [4.78, 5) is 25.1. The van der Waals surface area contributed by atoms with Crippen molar-refractivity contribution in [1.82, 2.24) is 9.55 Å². The van der Waals surface area contributed by atoms with Crippen molar-refractivity contribution in [1.29, 1.82) is 0 Å². The van der Waals surface area contributed by atoms with Crippen molar-refractivity contribution in [3.05, 3.63) is 33.1 Å². The van der Waals surface area contributed by atoms with Crippen LogP contribution in [-0.4, -0.2) is 47.4 Å². The summed E-state index contributed by atoms with van der Waals surface area (Å²) in [6.07, 6.45) is -1.15. The third kappa shape index (κ3) is 3.75. The van der Waals surface area contributed by atoms with Gasteiger partial charge in [0.2, 0.25) is 0 Å². The summed E-state index contributed by atoms with van der Waals surface area (Å²) in [6.45, 7) is 0.653. The van der Waals surface area contributed by atoms with Gasteiger partial charge in [-0.2, -0.15) is 0 Å². The molecule has 8 nitrogen and oxygen atoms in total. The maximum atomic E-state index is 14.9. The fraction of sp³-hybridized carbons (Fsp3) is 0.714. The minimum atomic E-state index is -1.61. The Hall–Kier alpha value is -1.12. The summed E-state index contributed by atoms with van der Waals surface area (Å²) in [5.41, 5.74) is -1.30. The standard InChI is InChI=1S/C14H20FN2O6P/c15-11-12(23-10-3-1-2-6-20-10)8(7-21-24)22-13(11)17-5-4-9(18)16-14(17)19/h4-5,8,10-13H,1-3,6-7,24H2,(H,16,18,19). The second-order valence-corrected chi connectivity index (χ2v) is 6.09. The summed E-state index contributed by atoms with van der Waals surface area (Å²) < 4.78 is 37.8. The van der Waals surface area contributed by atoms with Gasteiger partial charge in [0.25, 0.3) is 5.56 Å². The molecule has 2 saturated heterocycles. The van der Waals surface area contributed by atoms with E-state index in [9.17, 15) is 14.0 Å². The number of nitrogens with one attached hydrogen (secondary N) is 1. The fourth-order valence-corrected chi connectivity index (χ4v) is 3.12. The number of aromatic nitrogens is 2. The number of H-pyrrole nitrogens is 1. The SMILES string of the molecule is O=c1ccn(C2OC(COP)C(OC3CCCCO3)C2F)c(=O)[nH]1. The molecule has 6 atom stereocenters. The first-order valence-corrected chi connectivity index (χ1v) is 8.27. The predicted octanol–water partition coefficient (Wildman–Crippen LogP) is 0.491. The van der Waals surface area contributed by atoms with E-state index in [1.807, 2.05) is 0 Å². The molecule has 3 rings (SSSR count). The van der Waals surface area contributed by atoms with Crippen molar-refractivity contribution in [2.24, 2.45) is 0 Å². The maximum Gasteiger partial charge on any atom is 0.330 e. The average molecular weight is 362 g/mol. The number of alkyl halides is 1. The molecular formula is C14H20FN2O6P. The third-order valence-electron chi connectivity index (χ3n) is 4.10. The highest BCUT2D eigenvalue weighted by Crippen LogP contribution is 2.35. The van der Waals surface area contributed by atoms with Gasteiger partial charge < -0.3 is 18.7 Å². The Kier molecular flexibility index (Phi) is 5.78. The number of nitrogens with zero attached hydrogens (tertiary/aromatic N) is 1. The Labute approximate surface area is 139 Å². The van der Waals surface area contributed by atoms with Crippen LogP contribution in [0.3, 0.4) is 0 Å². The van der Waals surface area contributed by atoms with Gasteiger partial charge in [-0.25, -0.2) is 9.18 Å². The van der Waals surface area contributed by atoms with Gasteiger partial charge in [0, 0.05) is 28.3 Å². The van der Waals surface area contributed by atoms with E-state index in [2.05, 4.69) is 14.5 Å². The lowest BCUT2D eigenvalue weighted by Crippen LogP contribution is -2.40. The van der Waals surface area contributed by atoms with Crippen molar-refractivity contribution in [2.75, 3.05) is 13.2 Å². The molecule has 2 fully saturated rings. The van der Waals surface area contributed by atoms with Crippen LogP contribution in [0.2, 0.25) is 0 Å². The lowest BCUT2D eigenvalue weighted by atomic mass is 10.1. The van der Waals surface area contributed by atoms with Crippen molar-refractivity contribution in [3.8, 4) is 0 Å². The first-order chi connectivity index (χ1) is 11.6. The molecule has 6 unspecified atom stereocenters.